The minimum Gasteiger partial charge on any atom is -0.332 e. The molecule has 3 heterocycles. The van der Waals surface area contributed by atoms with E-state index in [0.717, 1.165) is 24.8 Å². The van der Waals surface area contributed by atoms with Crippen LogP contribution in [0.4, 0.5) is 8.78 Å². The maximum atomic E-state index is 13.5. The van der Waals surface area contributed by atoms with E-state index in [1.165, 1.54) is 13.1 Å². The highest BCUT2D eigenvalue weighted by Crippen LogP contribution is 2.46. The van der Waals surface area contributed by atoms with Gasteiger partial charge in [0.15, 0.2) is 0 Å². The number of amides is 1. The van der Waals surface area contributed by atoms with Crippen molar-refractivity contribution in [2.45, 2.75) is 57.5 Å². The summed E-state index contributed by atoms with van der Waals surface area (Å²) in [6.45, 7) is 1.38. The second-order valence-electron chi connectivity index (χ2n) is 6.69. The highest BCUT2D eigenvalue weighted by atomic mass is 19.3. The molecule has 2 aliphatic heterocycles. The van der Waals surface area contributed by atoms with Gasteiger partial charge in [-0.2, -0.15) is 5.26 Å². The lowest BCUT2D eigenvalue weighted by atomic mass is 9.84. The van der Waals surface area contributed by atoms with Gasteiger partial charge in [0.1, 0.15) is 11.5 Å². The van der Waals surface area contributed by atoms with Crippen LogP contribution in [0, 0.1) is 16.7 Å². The molecule has 0 radical (unpaired) electrons. The minimum absolute atomic E-state index is 0.0128. The number of carbonyl (C=O) groups excluding carboxylic acids is 1. The number of hydrogen-bond acceptors (Lipinski definition) is 3. The smallest absolute Gasteiger partial charge is 0.252 e. The van der Waals surface area contributed by atoms with Gasteiger partial charge in [0.25, 0.3) is 6.43 Å². The summed E-state index contributed by atoms with van der Waals surface area (Å²) in [5.41, 5.74) is -0.430. The Bertz CT molecular complexity index is 657. The van der Waals surface area contributed by atoms with Crippen LogP contribution in [0.15, 0.2) is 18.5 Å². The van der Waals surface area contributed by atoms with Crippen molar-refractivity contribution in [1.82, 2.24) is 9.88 Å². The first-order valence-corrected chi connectivity index (χ1v) is 7.93. The number of nitrogens with zero attached hydrogens (tertiary/aromatic N) is 3. The van der Waals surface area contributed by atoms with Gasteiger partial charge in [-0.05, 0) is 44.2 Å². The molecule has 1 amide bonds. The number of fused-ring (bicyclic) bond motifs is 1. The van der Waals surface area contributed by atoms with Crippen molar-refractivity contribution in [2.24, 2.45) is 5.41 Å². The van der Waals surface area contributed by atoms with Crippen LogP contribution >= 0.6 is 0 Å². The van der Waals surface area contributed by atoms with E-state index in [2.05, 4.69) is 4.98 Å². The molecular weight excluding hydrogens is 300 g/mol. The molecule has 1 aromatic rings. The van der Waals surface area contributed by atoms with E-state index in [9.17, 15) is 13.6 Å². The summed E-state index contributed by atoms with van der Waals surface area (Å²) in [6, 6.07) is 3.49. The minimum atomic E-state index is -2.67. The number of nitriles is 1. The quantitative estimate of drug-likeness (QED) is 0.839. The summed E-state index contributed by atoms with van der Waals surface area (Å²) < 4.78 is 27.1. The van der Waals surface area contributed by atoms with E-state index >= 15 is 0 Å². The van der Waals surface area contributed by atoms with E-state index in [1.807, 2.05) is 6.07 Å². The molecule has 6 heteroatoms. The van der Waals surface area contributed by atoms with Crippen LogP contribution in [-0.2, 0) is 4.79 Å². The zero-order valence-corrected chi connectivity index (χ0v) is 13.0. The van der Waals surface area contributed by atoms with Gasteiger partial charge in [0, 0.05) is 18.4 Å². The molecule has 1 aromatic heterocycles. The number of carbonyl (C=O) groups is 1. The first-order valence-electron chi connectivity index (χ1n) is 7.93. The monoisotopic (exact) mass is 319 g/mol. The van der Waals surface area contributed by atoms with Crippen LogP contribution in [-0.4, -0.2) is 28.3 Å². The van der Waals surface area contributed by atoms with Crippen LogP contribution in [0.3, 0.4) is 0 Å². The van der Waals surface area contributed by atoms with Crippen molar-refractivity contribution in [3.8, 4) is 6.07 Å². The SMILES string of the molecule is CC1(C(F)F)CCCC2CCC(c3cncc(C#N)c3)N2C1=O. The molecule has 0 aliphatic carbocycles. The number of halogens is 2. The van der Waals surface area contributed by atoms with E-state index in [0.29, 0.717) is 12.0 Å². The summed E-state index contributed by atoms with van der Waals surface area (Å²) in [7, 11) is 0. The average molecular weight is 319 g/mol. The average Bonchev–Trinajstić information content (AvgIpc) is 2.92. The lowest BCUT2D eigenvalue weighted by molar-refractivity contribution is -0.152. The molecule has 23 heavy (non-hydrogen) atoms. The molecule has 2 saturated heterocycles. The molecule has 122 valence electrons. The molecule has 0 aromatic carbocycles. The summed E-state index contributed by atoms with van der Waals surface area (Å²) in [5.74, 6) is -0.458. The van der Waals surface area contributed by atoms with Gasteiger partial charge in [-0.3, -0.25) is 9.78 Å². The van der Waals surface area contributed by atoms with Gasteiger partial charge < -0.3 is 4.90 Å². The number of pyridine rings is 1. The van der Waals surface area contributed by atoms with Crippen molar-refractivity contribution in [3.63, 3.8) is 0 Å². The molecule has 0 spiro atoms. The molecule has 0 saturated carbocycles. The second-order valence-corrected chi connectivity index (χ2v) is 6.69. The number of hydrogen-bond donors (Lipinski definition) is 0. The third-order valence-electron chi connectivity index (χ3n) is 5.21. The molecule has 0 bridgehead atoms. The van der Waals surface area contributed by atoms with Crippen LogP contribution in [0.2, 0.25) is 0 Å². The highest BCUT2D eigenvalue weighted by molar-refractivity contribution is 5.84. The molecule has 2 fully saturated rings. The van der Waals surface area contributed by atoms with Gasteiger partial charge in [0.2, 0.25) is 5.91 Å². The van der Waals surface area contributed by atoms with Crippen LogP contribution < -0.4 is 0 Å². The first-order chi connectivity index (χ1) is 11.0. The van der Waals surface area contributed by atoms with Gasteiger partial charge in [-0.25, -0.2) is 8.78 Å². The molecule has 0 N–H and O–H groups in total. The lowest BCUT2D eigenvalue weighted by Crippen LogP contribution is -2.47. The Morgan fingerprint density at radius 2 is 2.17 bits per heavy atom. The zero-order valence-electron chi connectivity index (χ0n) is 13.0. The molecule has 3 rings (SSSR count). The molecule has 3 unspecified atom stereocenters. The number of aromatic nitrogens is 1. The fourth-order valence-corrected chi connectivity index (χ4v) is 3.81. The molecule has 4 nitrogen and oxygen atoms in total. The zero-order chi connectivity index (χ0) is 16.6. The first kappa shape index (κ1) is 15.9. The molecular formula is C17H19F2N3O. The van der Waals surface area contributed by atoms with Crippen molar-refractivity contribution in [3.05, 3.63) is 29.6 Å². The Balaban J connectivity index is 1.98. The van der Waals surface area contributed by atoms with Gasteiger partial charge >= 0.3 is 0 Å². The maximum Gasteiger partial charge on any atom is 0.252 e. The van der Waals surface area contributed by atoms with Crippen LogP contribution in [0.5, 0.6) is 0 Å². The second kappa shape index (κ2) is 5.88. The molecule has 3 atom stereocenters. The van der Waals surface area contributed by atoms with Gasteiger partial charge in [-0.15, -0.1) is 0 Å². The summed E-state index contributed by atoms with van der Waals surface area (Å²) in [6.07, 6.45) is 3.58. The van der Waals surface area contributed by atoms with E-state index in [4.69, 9.17) is 5.26 Å². The normalized spacial score (nSPS) is 30.9. The number of alkyl halides is 2. The third-order valence-corrected chi connectivity index (χ3v) is 5.21. The predicted molar refractivity (Wildman–Crippen MR) is 79.5 cm³/mol. The molecule has 2 aliphatic rings. The Labute approximate surface area is 134 Å². The van der Waals surface area contributed by atoms with E-state index in [1.54, 1.807) is 17.2 Å². The Hall–Kier alpha value is -2.03. The van der Waals surface area contributed by atoms with Crippen molar-refractivity contribution in [2.75, 3.05) is 0 Å². The topological polar surface area (TPSA) is 57.0 Å². The summed E-state index contributed by atoms with van der Waals surface area (Å²) in [5, 5.41) is 9.02. The Morgan fingerprint density at radius 1 is 1.39 bits per heavy atom. The Morgan fingerprint density at radius 3 is 2.87 bits per heavy atom. The summed E-state index contributed by atoms with van der Waals surface area (Å²) >= 11 is 0. The van der Waals surface area contributed by atoms with Gasteiger partial charge in [-0.1, -0.05) is 6.42 Å². The van der Waals surface area contributed by atoms with Crippen LogP contribution in [0.1, 0.15) is 56.2 Å². The summed E-state index contributed by atoms with van der Waals surface area (Å²) in [4.78, 5) is 18.6. The highest BCUT2D eigenvalue weighted by Gasteiger charge is 2.51. The van der Waals surface area contributed by atoms with Crippen molar-refractivity contribution < 1.29 is 13.6 Å². The lowest BCUT2D eigenvalue weighted by Gasteiger charge is -2.35. The predicted octanol–water partition coefficient (Wildman–Crippen LogP) is 3.44. The standard InChI is InChI=1S/C17H19F2N3O/c1-17(15(18)19)6-2-3-13-4-5-14(22(13)16(17)23)12-7-11(8-20)9-21-10-12/h7,9-10,13-15H,2-6H2,1H3. The third kappa shape index (κ3) is 2.58. The fourth-order valence-electron chi connectivity index (χ4n) is 3.81. The largest absolute Gasteiger partial charge is 0.332 e. The maximum absolute atomic E-state index is 13.5. The van der Waals surface area contributed by atoms with E-state index < -0.39 is 17.7 Å². The van der Waals surface area contributed by atoms with E-state index in [-0.39, 0.29) is 18.5 Å². The Kier molecular flexibility index (Phi) is 4.05. The van der Waals surface area contributed by atoms with Crippen LogP contribution in [0.25, 0.3) is 0 Å². The fraction of sp³-hybridized carbons (Fsp3) is 0.588. The van der Waals surface area contributed by atoms with Crippen molar-refractivity contribution >= 4 is 5.91 Å². The van der Waals surface area contributed by atoms with Gasteiger partial charge in [0.05, 0.1) is 11.6 Å². The van der Waals surface area contributed by atoms with Crippen molar-refractivity contribution in [1.29, 1.82) is 5.26 Å². The number of rotatable bonds is 2.